The van der Waals surface area contributed by atoms with Crippen LogP contribution in [0.5, 0.6) is 0 Å². The van der Waals surface area contributed by atoms with Crippen LogP contribution in [0.1, 0.15) is 18.7 Å². The van der Waals surface area contributed by atoms with E-state index in [1.165, 1.54) is 7.11 Å². The van der Waals surface area contributed by atoms with E-state index in [1.807, 2.05) is 6.07 Å². The van der Waals surface area contributed by atoms with E-state index in [0.717, 1.165) is 16.9 Å². The fourth-order valence-corrected chi connectivity index (χ4v) is 4.27. The highest BCUT2D eigenvalue weighted by Crippen LogP contribution is 2.35. The van der Waals surface area contributed by atoms with E-state index >= 15 is 0 Å². The summed E-state index contributed by atoms with van der Waals surface area (Å²) >= 11 is 5.97. The molecule has 4 rings (SSSR count). The Morgan fingerprint density at radius 1 is 1.43 bits per heavy atom. The molecule has 0 radical (unpaired) electrons. The van der Waals surface area contributed by atoms with Crippen LogP contribution in [0.15, 0.2) is 18.2 Å². The molecule has 1 atom stereocenters. The van der Waals surface area contributed by atoms with E-state index in [9.17, 15) is 13.6 Å². The van der Waals surface area contributed by atoms with Crippen LogP contribution in [-0.2, 0) is 16.0 Å². The van der Waals surface area contributed by atoms with Gasteiger partial charge in [-0.25, -0.2) is 13.8 Å². The summed E-state index contributed by atoms with van der Waals surface area (Å²) in [7, 11) is 1.53. The standard InChI is InChI=1S/C19H23ClF2N4O2/c1-28-10-13-7-19(21,22)11-26(13)14-8-25(9-14)18(27)5-4-17-23-15-3-2-12(20)6-16(15)24-17/h2-3,6,13-14H,4-5,7-11H2,1H3,(H,23,24). The molecular formula is C19H23ClF2N4O2. The highest BCUT2D eigenvalue weighted by Gasteiger charge is 2.50. The van der Waals surface area contributed by atoms with Gasteiger partial charge in [-0.2, -0.15) is 0 Å². The molecule has 1 aromatic heterocycles. The molecule has 9 heteroatoms. The van der Waals surface area contributed by atoms with Crippen molar-refractivity contribution < 1.29 is 18.3 Å². The molecule has 0 bridgehead atoms. The quantitative estimate of drug-likeness (QED) is 0.792. The predicted octanol–water partition coefficient (Wildman–Crippen LogP) is 2.72. The van der Waals surface area contributed by atoms with Crippen LogP contribution in [-0.4, -0.2) is 77.0 Å². The van der Waals surface area contributed by atoms with Crippen molar-refractivity contribution in [3.8, 4) is 0 Å². The third-order valence-electron chi connectivity index (χ3n) is 5.53. The lowest BCUT2D eigenvalue weighted by Gasteiger charge is -2.45. The zero-order valence-electron chi connectivity index (χ0n) is 15.6. The minimum atomic E-state index is -2.68. The summed E-state index contributed by atoms with van der Waals surface area (Å²) in [4.78, 5) is 23.6. The van der Waals surface area contributed by atoms with E-state index in [2.05, 4.69) is 9.97 Å². The van der Waals surface area contributed by atoms with Crippen molar-refractivity contribution in [3.05, 3.63) is 29.0 Å². The molecule has 28 heavy (non-hydrogen) atoms. The van der Waals surface area contributed by atoms with Crippen LogP contribution >= 0.6 is 11.6 Å². The van der Waals surface area contributed by atoms with Crippen LogP contribution in [0.2, 0.25) is 5.02 Å². The first kappa shape index (κ1) is 19.5. The van der Waals surface area contributed by atoms with Gasteiger partial charge in [-0.3, -0.25) is 9.69 Å². The number of halogens is 3. The first-order chi connectivity index (χ1) is 13.3. The molecule has 2 saturated heterocycles. The molecule has 152 valence electrons. The lowest BCUT2D eigenvalue weighted by molar-refractivity contribution is -0.139. The fraction of sp³-hybridized carbons (Fsp3) is 0.579. The number of ether oxygens (including phenoxy) is 1. The molecule has 1 unspecified atom stereocenters. The van der Waals surface area contributed by atoms with Crippen molar-refractivity contribution in [1.29, 1.82) is 0 Å². The fourth-order valence-electron chi connectivity index (χ4n) is 4.10. The molecule has 1 amide bonds. The lowest BCUT2D eigenvalue weighted by atomic mass is 10.0. The largest absolute Gasteiger partial charge is 0.383 e. The van der Waals surface area contributed by atoms with Crippen LogP contribution in [0.4, 0.5) is 8.78 Å². The van der Waals surface area contributed by atoms with E-state index in [4.69, 9.17) is 16.3 Å². The number of carbonyl (C=O) groups is 1. The third kappa shape index (κ3) is 3.99. The number of methoxy groups -OCH3 is 1. The molecule has 6 nitrogen and oxygen atoms in total. The third-order valence-corrected chi connectivity index (χ3v) is 5.76. The highest BCUT2D eigenvalue weighted by atomic mass is 35.5. The van der Waals surface area contributed by atoms with Gasteiger partial charge in [0.1, 0.15) is 5.82 Å². The van der Waals surface area contributed by atoms with Crippen molar-refractivity contribution >= 4 is 28.5 Å². The number of hydrogen-bond acceptors (Lipinski definition) is 4. The second kappa shape index (κ2) is 7.57. The molecule has 0 aliphatic carbocycles. The first-order valence-electron chi connectivity index (χ1n) is 9.39. The zero-order valence-corrected chi connectivity index (χ0v) is 16.4. The summed E-state index contributed by atoms with van der Waals surface area (Å²) < 4.78 is 32.6. The number of nitrogens with one attached hydrogen (secondary N) is 1. The molecule has 1 aromatic carbocycles. The molecule has 1 N–H and O–H groups in total. The highest BCUT2D eigenvalue weighted by molar-refractivity contribution is 6.31. The van der Waals surface area contributed by atoms with Gasteiger partial charge in [-0.15, -0.1) is 0 Å². The van der Waals surface area contributed by atoms with Gasteiger partial charge in [0.15, 0.2) is 0 Å². The summed E-state index contributed by atoms with van der Waals surface area (Å²) in [6.45, 7) is 1.01. The van der Waals surface area contributed by atoms with E-state index in [1.54, 1.807) is 21.9 Å². The van der Waals surface area contributed by atoms with Crippen LogP contribution in [0.25, 0.3) is 11.0 Å². The average Bonchev–Trinajstić information content (AvgIpc) is 3.11. The smallest absolute Gasteiger partial charge is 0.262 e. The average molecular weight is 413 g/mol. The minimum absolute atomic E-state index is 0.0176. The number of benzene rings is 1. The Kier molecular flexibility index (Phi) is 5.28. The Morgan fingerprint density at radius 3 is 2.96 bits per heavy atom. The number of nitrogens with zero attached hydrogens (tertiary/aromatic N) is 3. The summed E-state index contributed by atoms with van der Waals surface area (Å²) in [6, 6.07) is 5.10. The SMILES string of the molecule is COCC1CC(F)(F)CN1C1CN(C(=O)CCc2nc3ccc(Cl)cc3[nH]2)C1. The van der Waals surface area contributed by atoms with Gasteiger partial charge < -0.3 is 14.6 Å². The van der Waals surface area contributed by atoms with Gasteiger partial charge in [0, 0.05) is 56.6 Å². The van der Waals surface area contributed by atoms with Crippen molar-refractivity contribution in [1.82, 2.24) is 19.8 Å². The van der Waals surface area contributed by atoms with Crippen molar-refractivity contribution in [2.75, 3.05) is 33.4 Å². The number of imidazole rings is 1. The second-order valence-corrected chi connectivity index (χ2v) is 8.08. The van der Waals surface area contributed by atoms with Gasteiger partial charge in [0.2, 0.25) is 5.91 Å². The molecule has 0 spiro atoms. The van der Waals surface area contributed by atoms with Crippen molar-refractivity contribution in [2.45, 2.75) is 37.3 Å². The number of aryl methyl sites for hydroxylation is 1. The number of hydrogen-bond donors (Lipinski definition) is 1. The van der Waals surface area contributed by atoms with Gasteiger partial charge in [0.25, 0.3) is 5.92 Å². The Labute approximate surface area is 166 Å². The monoisotopic (exact) mass is 412 g/mol. The topological polar surface area (TPSA) is 61.5 Å². The Balaban J connectivity index is 1.29. The van der Waals surface area contributed by atoms with Crippen molar-refractivity contribution in [2.24, 2.45) is 0 Å². The number of likely N-dealkylation sites (tertiary alicyclic amines) is 2. The number of aromatic amines is 1. The van der Waals surface area contributed by atoms with Crippen LogP contribution in [0.3, 0.4) is 0 Å². The Hall–Kier alpha value is -1.77. The molecule has 2 aromatic rings. The number of carbonyl (C=O) groups excluding carboxylic acids is 1. The zero-order chi connectivity index (χ0) is 19.9. The second-order valence-electron chi connectivity index (χ2n) is 7.64. The number of aromatic nitrogens is 2. The molecule has 0 saturated carbocycles. The minimum Gasteiger partial charge on any atom is -0.383 e. The Bertz CT molecular complexity index is 869. The van der Waals surface area contributed by atoms with E-state index in [0.29, 0.717) is 31.0 Å². The number of rotatable bonds is 6. The number of H-pyrrole nitrogens is 1. The molecule has 2 fully saturated rings. The maximum absolute atomic E-state index is 13.8. The molecule has 2 aliphatic rings. The molecular weight excluding hydrogens is 390 g/mol. The number of alkyl halides is 2. The van der Waals surface area contributed by atoms with Gasteiger partial charge in [-0.1, -0.05) is 11.6 Å². The predicted molar refractivity (Wildman–Crippen MR) is 102 cm³/mol. The number of fused-ring (bicyclic) bond motifs is 1. The first-order valence-corrected chi connectivity index (χ1v) is 9.77. The maximum atomic E-state index is 13.8. The van der Waals surface area contributed by atoms with E-state index in [-0.39, 0.29) is 37.6 Å². The summed E-state index contributed by atoms with van der Waals surface area (Å²) in [5, 5.41) is 0.629. The van der Waals surface area contributed by atoms with Gasteiger partial charge >= 0.3 is 0 Å². The van der Waals surface area contributed by atoms with E-state index < -0.39 is 5.92 Å². The summed E-state index contributed by atoms with van der Waals surface area (Å²) in [6.07, 6.45) is 0.652. The van der Waals surface area contributed by atoms with Crippen molar-refractivity contribution in [3.63, 3.8) is 0 Å². The normalized spacial score (nSPS) is 22.7. The van der Waals surface area contributed by atoms with Gasteiger partial charge in [0.05, 0.1) is 24.2 Å². The lowest BCUT2D eigenvalue weighted by Crippen LogP contribution is -2.62. The molecule has 2 aliphatic heterocycles. The maximum Gasteiger partial charge on any atom is 0.262 e. The van der Waals surface area contributed by atoms with Crippen LogP contribution < -0.4 is 0 Å². The Morgan fingerprint density at radius 2 is 2.21 bits per heavy atom. The molecule has 3 heterocycles. The van der Waals surface area contributed by atoms with Crippen LogP contribution in [0, 0.1) is 0 Å². The number of amides is 1. The van der Waals surface area contributed by atoms with Gasteiger partial charge in [-0.05, 0) is 18.2 Å². The summed E-state index contributed by atoms with van der Waals surface area (Å²) in [5.74, 6) is -1.93. The summed E-state index contributed by atoms with van der Waals surface area (Å²) in [5.41, 5.74) is 1.66.